The minimum Gasteiger partial charge on any atom is -0.508 e. The van der Waals surface area contributed by atoms with Gasteiger partial charge in [0.05, 0.1) is 0 Å². The normalized spacial score (nSPS) is 21.9. The van der Waals surface area contributed by atoms with Crippen LogP contribution in [0.4, 0.5) is 0 Å². The first-order chi connectivity index (χ1) is 5.79. The van der Waals surface area contributed by atoms with Gasteiger partial charge in [-0.25, -0.2) is 0 Å². The first-order valence-corrected chi connectivity index (χ1v) is 4.60. The lowest BCUT2D eigenvalue weighted by molar-refractivity contribution is 0.451. The number of fused-ring (bicyclic) bond motifs is 1. The summed E-state index contributed by atoms with van der Waals surface area (Å²) in [6.45, 7) is 2.19. The van der Waals surface area contributed by atoms with Crippen molar-refractivity contribution in [1.29, 1.82) is 0 Å². The average Bonchev–Trinajstić information content (AvgIpc) is 2.04. The van der Waals surface area contributed by atoms with Gasteiger partial charge in [-0.2, -0.15) is 0 Å². The molecular formula is C11H14O. The predicted molar refractivity (Wildman–Crippen MR) is 49.5 cm³/mol. The van der Waals surface area contributed by atoms with Gasteiger partial charge in [0.1, 0.15) is 5.75 Å². The molecule has 1 aromatic carbocycles. The maximum atomic E-state index is 9.63. The van der Waals surface area contributed by atoms with Gasteiger partial charge in [0.15, 0.2) is 0 Å². The number of phenolic OH excluding ortho intramolecular Hbond substituents is 1. The largest absolute Gasteiger partial charge is 0.508 e. The number of rotatable bonds is 0. The van der Waals surface area contributed by atoms with Gasteiger partial charge in [-0.05, 0) is 42.4 Å². The van der Waals surface area contributed by atoms with Crippen molar-refractivity contribution in [2.24, 2.45) is 0 Å². The van der Waals surface area contributed by atoms with Gasteiger partial charge in [-0.1, -0.05) is 19.1 Å². The van der Waals surface area contributed by atoms with Crippen molar-refractivity contribution in [2.45, 2.75) is 32.1 Å². The van der Waals surface area contributed by atoms with Crippen molar-refractivity contribution in [3.8, 4) is 5.75 Å². The fourth-order valence-electron chi connectivity index (χ4n) is 2.13. The van der Waals surface area contributed by atoms with E-state index < -0.39 is 0 Å². The Balaban J connectivity index is 2.53. The van der Waals surface area contributed by atoms with Crippen LogP contribution >= 0.6 is 0 Å². The van der Waals surface area contributed by atoms with Crippen LogP contribution in [0.2, 0.25) is 0 Å². The zero-order valence-electron chi connectivity index (χ0n) is 7.38. The topological polar surface area (TPSA) is 20.2 Å². The van der Waals surface area contributed by atoms with Crippen LogP contribution in [0.25, 0.3) is 0 Å². The molecule has 0 radical (unpaired) electrons. The van der Waals surface area contributed by atoms with Crippen molar-refractivity contribution < 1.29 is 5.11 Å². The lowest BCUT2D eigenvalue weighted by Gasteiger charge is -2.22. The first-order valence-electron chi connectivity index (χ1n) is 4.60. The summed E-state index contributed by atoms with van der Waals surface area (Å²) < 4.78 is 0. The smallest absolute Gasteiger partial charge is 0.119 e. The van der Waals surface area contributed by atoms with Crippen molar-refractivity contribution in [1.82, 2.24) is 0 Å². The molecule has 64 valence electrons. The van der Waals surface area contributed by atoms with Crippen LogP contribution in [-0.2, 0) is 6.42 Å². The van der Waals surface area contributed by atoms with Gasteiger partial charge in [-0.15, -0.1) is 0 Å². The third-order valence-electron chi connectivity index (χ3n) is 2.75. The fourth-order valence-corrected chi connectivity index (χ4v) is 2.13. The van der Waals surface area contributed by atoms with Gasteiger partial charge < -0.3 is 5.11 Å². The maximum Gasteiger partial charge on any atom is 0.119 e. The van der Waals surface area contributed by atoms with E-state index in [-0.39, 0.29) is 0 Å². The summed E-state index contributed by atoms with van der Waals surface area (Å²) in [4.78, 5) is 0. The highest BCUT2D eigenvalue weighted by Gasteiger charge is 2.18. The Morgan fingerprint density at radius 3 is 3.00 bits per heavy atom. The number of hydrogen-bond donors (Lipinski definition) is 1. The number of hydrogen-bond acceptors (Lipinski definition) is 1. The van der Waals surface area contributed by atoms with Crippen LogP contribution in [0.15, 0.2) is 18.2 Å². The molecule has 0 aliphatic heterocycles. The summed E-state index contributed by atoms with van der Waals surface area (Å²) >= 11 is 0. The van der Waals surface area contributed by atoms with Crippen molar-refractivity contribution >= 4 is 0 Å². The van der Waals surface area contributed by atoms with Crippen LogP contribution in [0.1, 0.15) is 36.8 Å². The zero-order chi connectivity index (χ0) is 8.55. The van der Waals surface area contributed by atoms with E-state index >= 15 is 0 Å². The minimum absolute atomic E-state index is 0.486. The Morgan fingerprint density at radius 1 is 1.42 bits per heavy atom. The van der Waals surface area contributed by atoms with Crippen molar-refractivity contribution in [3.05, 3.63) is 29.3 Å². The molecule has 0 saturated carbocycles. The molecule has 1 aromatic rings. The number of aryl methyl sites for hydroxylation is 1. The Morgan fingerprint density at radius 2 is 2.25 bits per heavy atom. The van der Waals surface area contributed by atoms with E-state index in [1.807, 2.05) is 6.07 Å². The summed E-state index contributed by atoms with van der Waals surface area (Å²) in [6, 6.07) is 5.86. The second-order valence-electron chi connectivity index (χ2n) is 3.64. The van der Waals surface area contributed by atoms with E-state index in [0.717, 1.165) is 6.42 Å². The number of aromatic hydroxyl groups is 1. The Bertz CT molecular complexity index is 291. The van der Waals surface area contributed by atoms with Gasteiger partial charge in [0.2, 0.25) is 0 Å². The Kier molecular flexibility index (Phi) is 1.80. The molecule has 2 rings (SSSR count). The summed E-state index contributed by atoms with van der Waals surface area (Å²) in [5.74, 6) is 1.02. The quantitative estimate of drug-likeness (QED) is 0.622. The van der Waals surface area contributed by atoms with Crippen LogP contribution in [0.5, 0.6) is 5.75 Å². The lowest BCUT2D eigenvalue weighted by Crippen LogP contribution is -2.06. The molecule has 1 aliphatic carbocycles. The van der Waals surface area contributed by atoms with E-state index in [9.17, 15) is 5.11 Å². The highest BCUT2D eigenvalue weighted by atomic mass is 16.3. The van der Waals surface area contributed by atoms with Crippen LogP contribution in [-0.4, -0.2) is 5.11 Å². The molecule has 1 aliphatic rings. The molecule has 0 heterocycles. The molecule has 0 spiro atoms. The third kappa shape index (κ3) is 1.09. The van der Waals surface area contributed by atoms with E-state index in [1.54, 1.807) is 6.07 Å². The molecule has 1 heteroatoms. The van der Waals surface area contributed by atoms with Gasteiger partial charge in [0.25, 0.3) is 0 Å². The van der Waals surface area contributed by atoms with E-state index in [2.05, 4.69) is 13.0 Å². The summed E-state index contributed by atoms with van der Waals surface area (Å²) in [6.07, 6.45) is 3.61. The lowest BCUT2D eigenvalue weighted by atomic mass is 9.83. The molecule has 12 heavy (non-hydrogen) atoms. The first kappa shape index (κ1) is 7.66. The Labute approximate surface area is 73.0 Å². The predicted octanol–water partition coefficient (Wildman–Crippen LogP) is 2.83. The van der Waals surface area contributed by atoms with E-state index in [0.29, 0.717) is 11.7 Å². The van der Waals surface area contributed by atoms with Gasteiger partial charge >= 0.3 is 0 Å². The SMILES string of the molecule is CC1CCCc2cccc(O)c21. The van der Waals surface area contributed by atoms with Crippen LogP contribution in [0, 0.1) is 0 Å². The van der Waals surface area contributed by atoms with Gasteiger partial charge in [0, 0.05) is 0 Å². The zero-order valence-corrected chi connectivity index (χ0v) is 7.38. The molecular weight excluding hydrogens is 148 g/mol. The van der Waals surface area contributed by atoms with Crippen LogP contribution < -0.4 is 0 Å². The number of phenols is 1. The molecule has 0 fully saturated rings. The maximum absolute atomic E-state index is 9.63. The Hall–Kier alpha value is -0.980. The molecule has 1 nitrogen and oxygen atoms in total. The highest BCUT2D eigenvalue weighted by Crippen LogP contribution is 2.36. The standard InChI is InChI=1S/C11H14O/c1-8-4-2-5-9-6-3-7-10(12)11(8)9/h3,6-8,12H,2,4-5H2,1H3. The molecule has 0 amide bonds. The molecule has 0 saturated heterocycles. The second-order valence-corrected chi connectivity index (χ2v) is 3.64. The van der Waals surface area contributed by atoms with Gasteiger partial charge in [-0.3, -0.25) is 0 Å². The summed E-state index contributed by atoms with van der Waals surface area (Å²) in [7, 11) is 0. The second kappa shape index (κ2) is 2.81. The number of benzene rings is 1. The molecule has 1 unspecified atom stereocenters. The molecule has 0 aromatic heterocycles. The average molecular weight is 162 g/mol. The molecule has 0 bridgehead atoms. The summed E-state index contributed by atoms with van der Waals surface area (Å²) in [5.41, 5.74) is 2.53. The third-order valence-corrected chi connectivity index (χ3v) is 2.75. The monoisotopic (exact) mass is 162 g/mol. The minimum atomic E-state index is 0.486. The highest BCUT2D eigenvalue weighted by molar-refractivity contribution is 5.42. The van der Waals surface area contributed by atoms with E-state index in [1.165, 1.54) is 24.0 Å². The molecule has 1 N–H and O–H groups in total. The van der Waals surface area contributed by atoms with Crippen molar-refractivity contribution in [2.75, 3.05) is 0 Å². The fraction of sp³-hybridized carbons (Fsp3) is 0.455. The summed E-state index contributed by atoms with van der Waals surface area (Å²) in [5, 5.41) is 9.63. The van der Waals surface area contributed by atoms with E-state index in [4.69, 9.17) is 0 Å². The molecule has 1 atom stereocenters. The van der Waals surface area contributed by atoms with Crippen molar-refractivity contribution in [3.63, 3.8) is 0 Å². The van der Waals surface area contributed by atoms with Crippen LogP contribution in [0.3, 0.4) is 0 Å².